The van der Waals surface area contributed by atoms with E-state index in [0.29, 0.717) is 0 Å². The lowest BCUT2D eigenvalue weighted by atomic mass is 9.67. The van der Waals surface area contributed by atoms with E-state index in [1.807, 2.05) is 0 Å². The predicted molar refractivity (Wildman–Crippen MR) is 171 cm³/mol. The van der Waals surface area contributed by atoms with E-state index < -0.39 is 14.9 Å². The molecule has 0 bridgehead atoms. The van der Waals surface area contributed by atoms with Gasteiger partial charge < -0.3 is 0 Å². The van der Waals surface area contributed by atoms with Crippen LogP contribution in [-0.4, -0.2) is 0 Å². The lowest BCUT2D eigenvalue weighted by Gasteiger charge is -2.34. The zero-order valence-electron chi connectivity index (χ0n) is 22.0. The highest BCUT2D eigenvalue weighted by molar-refractivity contribution is 8.28. The summed E-state index contributed by atoms with van der Waals surface area (Å²) >= 11 is 6.13. The van der Waals surface area contributed by atoms with Crippen molar-refractivity contribution in [3.63, 3.8) is 0 Å². The summed E-state index contributed by atoms with van der Waals surface area (Å²) in [6.45, 7) is 0. The van der Waals surface area contributed by atoms with Crippen LogP contribution in [-0.2, 0) is 32.5 Å². The van der Waals surface area contributed by atoms with Crippen LogP contribution in [0, 0.1) is 0 Å². The molecule has 6 aromatic carbocycles. The van der Waals surface area contributed by atoms with Gasteiger partial charge in [-0.05, 0) is 86.4 Å². The largest absolute Gasteiger partial charge is 0.0714 e. The number of fused-ring (bicyclic) bond motifs is 3. The van der Waals surface area contributed by atoms with Gasteiger partial charge in [-0.15, -0.1) is 0 Å². The molecule has 0 N–H and O–H groups in total. The molecule has 1 unspecified atom stereocenters. The summed E-state index contributed by atoms with van der Waals surface area (Å²) in [5, 5.41) is 0. The summed E-state index contributed by atoms with van der Waals surface area (Å²) in [5.74, 6) is 0. The molecule has 40 heavy (non-hydrogen) atoms. The molecule has 0 nitrogen and oxygen atoms in total. The van der Waals surface area contributed by atoms with Gasteiger partial charge in [-0.3, -0.25) is 0 Å². The maximum Gasteiger partial charge on any atom is 0.0714 e. The second-order valence-electron chi connectivity index (χ2n) is 10.3. The molecule has 0 aliphatic heterocycles. The van der Waals surface area contributed by atoms with E-state index in [0.717, 1.165) is 6.42 Å². The molecule has 1 atom stereocenters. The number of hydrogen-bond donors (Lipinski definition) is 0. The predicted octanol–water partition coefficient (Wildman–Crippen LogP) is 9.14. The topological polar surface area (TPSA) is 0 Å². The van der Waals surface area contributed by atoms with Crippen LogP contribution in [0.3, 0.4) is 0 Å². The van der Waals surface area contributed by atoms with E-state index >= 15 is 0 Å². The fourth-order valence-corrected chi connectivity index (χ4v) is 8.05. The van der Waals surface area contributed by atoms with E-state index in [4.69, 9.17) is 11.2 Å². The fourth-order valence-electron chi connectivity index (χ4n) is 6.29. The average Bonchev–Trinajstić information content (AvgIpc) is 3.33. The summed E-state index contributed by atoms with van der Waals surface area (Å²) in [4.78, 5) is 2.36. The Morgan fingerprint density at radius 2 is 0.950 bits per heavy atom. The molecule has 0 radical (unpaired) electrons. The van der Waals surface area contributed by atoms with Gasteiger partial charge in [-0.25, -0.2) is 0 Å². The smallest absolute Gasteiger partial charge is 0.0622 e. The molecule has 0 saturated heterocycles. The third kappa shape index (κ3) is 4.16. The molecule has 0 spiro atoms. The van der Waals surface area contributed by atoms with Crippen molar-refractivity contribution in [1.29, 1.82) is 0 Å². The second-order valence-corrected chi connectivity index (χ2v) is 12.8. The molecule has 1 aliphatic carbocycles. The Hall–Kier alpha value is -4.11. The fraction of sp³-hybridized carbons (Fsp3) is 0.0526. The molecule has 2 heteroatoms. The van der Waals surface area contributed by atoms with Crippen LogP contribution in [0.2, 0.25) is 0 Å². The highest BCUT2D eigenvalue weighted by Crippen LogP contribution is 2.56. The maximum atomic E-state index is 6.13. The second kappa shape index (κ2) is 10.5. The van der Waals surface area contributed by atoms with Gasteiger partial charge in [0.25, 0.3) is 0 Å². The first kappa shape index (κ1) is 24.9. The van der Waals surface area contributed by atoms with Crippen molar-refractivity contribution in [2.24, 2.45) is 0 Å². The lowest BCUT2D eigenvalue weighted by Crippen LogP contribution is -2.29. The van der Waals surface area contributed by atoms with Gasteiger partial charge in [-0.1, -0.05) is 143 Å². The summed E-state index contributed by atoms with van der Waals surface area (Å²) in [5.41, 5.74) is 10.0. The molecule has 0 saturated carbocycles. The summed E-state index contributed by atoms with van der Waals surface area (Å²) in [7, 11) is -0.445. The van der Waals surface area contributed by atoms with Crippen molar-refractivity contribution in [3.05, 3.63) is 191 Å². The Bertz CT molecular complexity index is 1790. The van der Waals surface area contributed by atoms with E-state index in [-0.39, 0.29) is 0 Å². The minimum Gasteiger partial charge on any atom is -0.0622 e. The molecule has 0 fully saturated rings. The van der Waals surface area contributed by atoms with Crippen molar-refractivity contribution in [3.8, 4) is 11.1 Å². The molecule has 6 aromatic rings. The molecule has 0 amide bonds. The minimum absolute atomic E-state index is 0.438. The van der Waals surface area contributed by atoms with E-state index in [1.165, 1.54) is 54.3 Å². The maximum absolute atomic E-state index is 6.13. The first-order chi connectivity index (χ1) is 19.7. The Morgan fingerprint density at radius 3 is 1.62 bits per heavy atom. The van der Waals surface area contributed by atoms with E-state index in [1.54, 1.807) is 0 Å². The van der Waals surface area contributed by atoms with Crippen molar-refractivity contribution >= 4 is 20.6 Å². The summed E-state index contributed by atoms with van der Waals surface area (Å²) < 4.78 is 0. The van der Waals surface area contributed by atoms with E-state index in [9.17, 15) is 0 Å². The SMILES string of the molecule is S=S(c1ccccc1)c1cccc(C2(c3cccc(Cc4ccccc4)c3)c3ccccc3-c3ccccc32)c1. The molecule has 1 aliphatic rings. The van der Waals surface area contributed by atoms with Crippen LogP contribution in [0.1, 0.15) is 33.4 Å². The quantitative estimate of drug-likeness (QED) is 0.200. The first-order valence-electron chi connectivity index (χ1n) is 13.7. The highest BCUT2D eigenvalue weighted by atomic mass is 32.8. The summed E-state index contributed by atoms with van der Waals surface area (Å²) in [6.07, 6.45) is 0.901. The Kier molecular flexibility index (Phi) is 6.51. The molecule has 192 valence electrons. The third-order valence-corrected chi connectivity index (χ3v) is 10.5. The van der Waals surface area contributed by atoms with Crippen LogP contribution >= 0.6 is 0 Å². The first-order valence-corrected chi connectivity index (χ1v) is 15.8. The van der Waals surface area contributed by atoms with Gasteiger partial charge in [0.1, 0.15) is 0 Å². The zero-order chi connectivity index (χ0) is 26.9. The third-order valence-electron chi connectivity index (χ3n) is 8.00. The van der Waals surface area contributed by atoms with Crippen molar-refractivity contribution < 1.29 is 0 Å². The highest BCUT2D eigenvalue weighted by Gasteiger charge is 2.46. The Morgan fingerprint density at radius 1 is 0.450 bits per heavy atom. The van der Waals surface area contributed by atoms with Crippen LogP contribution in [0.5, 0.6) is 0 Å². The standard InChI is InChI=1S/C38H28S2/c39-40(32-18-5-2-6-19-32)33-20-12-17-31(27-33)38(30-16-11-15-29(26-30)25-28-13-3-1-4-14-28)36-23-9-7-21-34(36)35-22-8-10-24-37(35)38/h1-24,26-27H,25H2. The number of benzene rings is 6. The monoisotopic (exact) mass is 548 g/mol. The average molecular weight is 549 g/mol. The van der Waals surface area contributed by atoms with Gasteiger partial charge in [-0.2, -0.15) is 0 Å². The molecule has 7 rings (SSSR count). The lowest BCUT2D eigenvalue weighted by molar-refractivity contribution is 0.763. The van der Waals surface area contributed by atoms with Crippen molar-refractivity contribution in [1.82, 2.24) is 0 Å². The Balaban J connectivity index is 1.47. The molecule has 0 heterocycles. The number of rotatable bonds is 6. The molecule has 0 aromatic heterocycles. The van der Waals surface area contributed by atoms with Crippen molar-refractivity contribution in [2.45, 2.75) is 21.6 Å². The van der Waals surface area contributed by atoms with Crippen LogP contribution in [0.4, 0.5) is 0 Å². The van der Waals surface area contributed by atoms with Crippen LogP contribution < -0.4 is 0 Å². The van der Waals surface area contributed by atoms with Crippen molar-refractivity contribution in [2.75, 3.05) is 0 Å². The molecular weight excluding hydrogens is 521 g/mol. The van der Waals surface area contributed by atoms with Gasteiger partial charge in [0.2, 0.25) is 0 Å². The molecular formula is C38H28S2. The van der Waals surface area contributed by atoms with Crippen LogP contribution in [0.15, 0.2) is 168 Å². The van der Waals surface area contributed by atoms with Gasteiger partial charge >= 0.3 is 0 Å². The summed E-state index contributed by atoms with van der Waals surface area (Å²) in [6, 6.07) is 57.3. The van der Waals surface area contributed by atoms with E-state index in [2.05, 4.69) is 158 Å². The Labute approximate surface area is 243 Å². The van der Waals surface area contributed by atoms with Gasteiger partial charge in [0.05, 0.1) is 5.41 Å². The van der Waals surface area contributed by atoms with Crippen LogP contribution in [0.25, 0.3) is 11.1 Å². The number of hydrogen-bond acceptors (Lipinski definition) is 1. The van der Waals surface area contributed by atoms with Gasteiger partial charge in [0.15, 0.2) is 0 Å². The minimum atomic E-state index is -0.445. The zero-order valence-corrected chi connectivity index (χ0v) is 23.7. The van der Waals surface area contributed by atoms with Gasteiger partial charge in [0, 0.05) is 9.79 Å². The normalized spacial score (nSPS) is 13.8.